The maximum Gasteiger partial charge on any atom is 0.262 e. The maximum atomic E-state index is 13.2. The summed E-state index contributed by atoms with van der Waals surface area (Å²) in [5, 5.41) is 3.48. The van der Waals surface area contributed by atoms with Crippen molar-refractivity contribution in [3.8, 4) is 10.8 Å². The molecule has 1 fully saturated rings. The third-order valence-electron chi connectivity index (χ3n) is 5.10. The van der Waals surface area contributed by atoms with E-state index in [0.717, 1.165) is 34.1 Å². The number of hydrogen-bond acceptors (Lipinski definition) is 6. The van der Waals surface area contributed by atoms with Crippen molar-refractivity contribution >= 4 is 34.0 Å². The molecule has 0 bridgehead atoms. The van der Waals surface area contributed by atoms with Crippen molar-refractivity contribution < 1.29 is 4.42 Å². The summed E-state index contributed by atoms with van der Waals surface area (Å²) in [7, 11) is 0. The summed E-state index contributed by atoms with van der Waals surface area (Å²) in [4.78, 5) is 23.6. The highest BCUT2D eigenvalue weighted by Gasteiger charge is 2.23. The van der Waals surface area contributed by atoms with Gasteiger partial charge in [0.15, 0.2) is 5.16 Å². The van der Waals surface area contributed by atoms with Crippen molar-refractivity contribution in [1.82, 2.24) is 14.5 Å². The van der Waals surface area contributed by atoms with E-state index in [1.165, 1.54) is 12.8 Å². The first-order valence-corrected chi connectivity index (χ1v) is 11.3. The van der Waals surface area contributed by atoms with Crippen LogP contribution in [0.3, 0.4) is 0 Å². The Kier molecular flexibility index (Phi) is 4.78. The molecule has 0 radical (unpaired) electrons. The summed E-state index contributed by atoms with van der Waals surface area (Å²) in [6, 6.07) is 11.8. The molecule has 1 aliphatic carbocycles. The molecule has 1 aromatic carbocycles. The molecular weight excluding hydrogens is 390 g/mol. The Balaban J connectivity index is 1.48. The standard InChI is InChI=1S/C21H19N3O2S2/c25-20-16-8-3-4-9-17(16)23-21(24(20)15-6-1-2-7-15)28-13-14-12-26-19(22-14)18-10-5-11-27-18/h3-5,8-12,15H,1-2,6-7,13H2. The third kappa shape index (κ3) is 3.29. The Hall–Kier alpha value is -2.38. The van der Waals surface area contributed by atoms with Crippen LogP contribution in [-0.4, -0.2) is 14.5 Å². The van der Waals surface area contributed by atoms with E-state index in [1.807, 2.05) is 46.3 Å². The van der Waals surface area contributed by atoms with E-state index in [0.29, 0.717) is 17.0 Å². The predicted molar refractivity (Wildman–Crippen MR) is 113 cm³/mol. The maximum absolute atomic E-state index is 13.2. The van der Waals surface area contributed by atoms with Crippen LogP contribution in [0.2, 0.25) is 0 Å². The quantitative estimate of drug-likeness (QED) is 0.321. The molecule has 3 aromatic heterocycles. The summed E-state index contributed by atoms with van der Waals surface area (Å²) in [6.45, 7) is 0. The molecule has 4 aromatic rings. The van der Waals surface area contributed by atoms with E-state index in [1.54, 1.807) is 29.4 Å². The van der Waals surface area contributed by atoms with Crippen LogP contribution < -0.4 is 5.56 Å². The molecule has 5 rings (SSSR count). The van der Waals surface area contributed by atoms with Gasteiger partial charge in [0.1, 0.15) is 6.26 Å². The number of oxazole rings is 1. The fraction of sp³-hybridized carbons (Fsp3) is 0.286. The fourth-order valence-electron chi connectivity index (χ4n) is 3.74. The highest BCUT2D eigenvalue weighted by molar-refractivity contribution is 7.98. The van der Waals surface area contributed by atoms with E-state index in [4.69, 9.17) is 9.40 Å². The van der Waals surface area contributed by atoms with Crippen LogP contribution in [0.5, 0.6) is 0 Å². The van der Waals surface area contributed by atoms with Gasteiger partial charge in [0.2, 0.25) is 5.89 Å². The lowest BCUT2D eigenvalue weighted by Gasteiger charge is -2.18. The van der Waals surface area contributed by atoms with Crippen LogP contribution in [0.25, 0.3) is 21.7 Å². The average Bonchev–Trinajstić information content (AvgIpc) is 3.48. The number of rotatable bonds is 5. The van der Waals surface area contributed by atoms with Gasteiger partial charge in [0.05, 0.1) is 21.5 Å². The molecule has 0 amide bonds. The zero-order valence-electron chi connectivity index (χ0n) is 15.2. The molecule has 0 spiro atoms. The zero-order valence-corrected chi connectivity index (χ0v) is 16.8. The van der Waals surface area contributed by atoms with Crippen LogP contribution in [0, 0.1) is 0 Å². The van der Waals surface area contributed by atoms with Crippen molar-refractivity contribution in [2.75, 3.05) is 0 Å². The van der Waals surface area contributed by atoms with Crippen LogP contribution in [-0.2, 0) is 5.75 Å². The number of thiophene rings is 1. The number of aromatic nitrogens is 3. The van der Waals surface area contributed by atoms with Gasteiger partial charge < -0.3 is 4.42 Å². The monoisotopic (exact) mass is 409 g/mol. The molecule has 142 valence electrons. The van der Waals surface area contributed by atoms with Crippen LogP contribution in [0.4, 0.5) is 0 Å². The van der Waals surface area contributed by atoms with Gasteiger partial charge in [-0.15, -0.1) is 11.3 Å². The van der Waals surface area contributed by atoms with Gasteiger partial charge in [-0.1, -0.05) is 42.8 Å². The Morgan fingerprint density at radius 2 is 2.00 bits per heavy atom. The Bertz CT molecular complexity index is 1160. The highest BCUT2D eigenvalue weighted by Crippen LogP contribution is 2.33. The van der Waals surface area contributed by atoms with Crippen molar-refractivity contribution in [2.24, 2.45) is 0 Å². The molecular formula is C21H19N3O2S2. The Morgan fingerprint density at radius 3 is 2.82 bits per heavy atom. The lowest BCUT2D eigenvalue weighted by atomic mass is 10.2. The molecule has 0 saturated heterocycles. The number of benzene rings is 1. The minimum absolute atomic E-state index is 0.0689. The molecule has 5 nitrogen and oxygen atoms in total. The van der Waals surface area contributed by atoms with Crippen molar-refractivity contribution in [3.05, 3.63) is 64.1 Å². The van der Waals surface area contributed by atoms with Gasteiger partial charge >= 0.3 is 0 Å². The van der Waals surface area contributed by atoms with E-state index in [9.17, 15) is 4.79 Å². The second-order valence-corrected chi connectivity index (χ2v) is 8.83. The smallest absolute Gasteiger partial charge is 0.262 e. The van der Waals surface area contributed by atoms with Crippen molar-refractivity contribution in [1.29, 1.82) is 0 Å². The predicted octanol–water partition coefficient (Wildman–Crippen LogP) is 5.52. The van der Waals surface area contributed by atoms with Gasteiger partial charge in [0, 0.05) is 11.8 Å². The van der Waals surface area contributed by atoms with Gasteiger partial charge in [-0.2, -0.15) is 0 Å². The first-order valence-electron chi connectivity index (χ1n) is 9.42. The first-order chi connectivity index (χ1) is 13.8. The van der Waals surface area contributed by atoms with Gasteiger partial charge in [-0.25, -0.2) is 9.97 Å². The molecule has 0 N–H and O–H groups in total. The molecule has 28 heavy (non-hydrogen) atoms. The molecule has 0 aliphatic heterocycles. The number of nitrogens with zero attached hydrogens (tertiary/aromatic N) is 3. The number of para-hydroxylation sites is 1. The van der Waals surface area contributed by atoms with Crippen molar-refractivity contribution in [2.45, 2.75) is 42.6 Å². The summed E-state index contributed by atoms with van der Waals surface area (Å²) >= 11 is 3.16. The lowest BCUT2D eigenvalue weighted by Crippen LogP contribution is -2.26. The summed E-state index contributed by atoms with van der Waals surface area (Å²) in [5.74, 6) is 1.26. The van der Waals surface area contributed by atoms with Gasteiger partial charge in [0.25, 0.3) is 5.56 Å². The first kappa shape index (κ1) is 17.7. The van der Waals surface area contributed by atoms with Gasteiger partial charge in [-0.3, -0.25) is 9.36 Å². The van der Waals surface area contributed by atoms with E-state index in [-0.39, 0.29) is 11.6 Å². The molecule has 1 aliphatic rings. The Morgan fingerprint density at radius 1 is 1.14 bits per heavy atom. The topological polar surface area (TPSA) is 60.9 Å². The molecule has 0 atom stereocenters. The molecule has 1 saturated carbocycles. The SMILES string of the molecule is O=c1c2ccccc2nc(SCc2coc(-c3cccs3)n2)n1C1CCCC1. The lowest BCUT2D eigenvalue weighted by molar-refractivity contribution is 0.457. The summed E-state index contributed by atoms with van der Waals surface area (Å²) in [6.07, 6.45) is 6.12. The van der Waals surface area contributed by atoms with Gasteiger partial charge in [-0.05, 0) is 36.4 Å². The van der Waals surface area contributed by atoms with Crippen LogP contribution >= 0.6 is 23.1 Å². The zero-order chi connectivity index (χ0) is 18.9. The second-order valence-electron chi connectivity index (χ2n) is 6.93. The largest absolute Gasteiger partial charge is 0.444 e. The number of thioether (sulfide) groups is 1. The summed E-state index contributed by atoms with van der Waals surface area (Å²) in [5.41, 5.74) is 1.68. The minimum atomic E-state index is 0.0689. The van der Waals surface area contributed by atoms with Crippen LogP contribution in [0.15, 0.2) is 62.4 Å². The molecule has 3 heterocycles. The normalized spacial score (nSPS) is 14.9. The number of hydrogen-bond donors (Lipinski definition) is 0. The number of fused-ring (bicyclic) bond motifs is 1. The average molecular weight is 410 g/mol. The summed E-state index contributed by atoms with van der Waals surface area (Å²) < 4.78 is 7.54. The fourth-order valence-corrected chi connectivity index (χ4v) is 5.34. The highest BCUT2D eigenvalue weighted by atomic mass is 32.2. The van der Waals surface area contributed by atoms with Crippen LogP contribution in [0.1, 0.15) is 37.4 Å². The molecule has 7 heteroatoms. The van der Waals surface area contributed by atoms with E-state index < -0.39 is 0 Å². The minimum Gasteiger partial charge on any atom is -0.444 e. The second kappa shape index (κ2) is 7.56. The van der Waals surface area contributed by atoms with Crippen molar-refractivity contribution in [3.63, 3.8) is 0 Å². The van der Waals surface area contributed by atoms with E-state index in [2.05, 4.69) is 4.98 Å². The van der Waals surface area contributed by atoms with E-state index >= 15 is 0 Å². The Labute approximate surface area is 170 Å². The molecule has 0 unspecified atom stereocenters. The third-order valence-corrected chi connectivity index (χ3v) is 6.94.